The highest BCUT2D eigenvalue weighted by molar-refractivity contribution is 7.12. The van der Waals surface area contributed by atoms with E-state index in [9.17, 15) is 0 Å². The third-order valence-corrected chi connectivity index (χ3v) is 1.89. The van der Waals surface area contributed by atoms with Crippen molar-refractivity contribution in [2.24, 2.45) is 0 Å². The first-order valence-electron chi connectivity index (χ1n) is 3.60. The minimum absolute atomic E-state index is 0.593. The molecule has 3 heterocycles. The van der Waals surface area contributed by atoms with Gasteiger partial charge in [0.15, 0.2) is 0 Å². The standard InChI is InChI=1S/C3H5N3.C2HN5S/c4-3-1-2-5-6-3;3-1-2(5-6-3)8-7-4-1/h1-2H,(H3,4,5,6);(H,3,5,6). The number of nitrogens with one attached hydrogen (secondary N) is 2. The molecule has 0 bridgehead atoms. The first-order valence-corrected chi connectivity index (χ1v) is 4.37. The maximum atomic E-state index is 5.16. The summed E-state index contributed by atoms with van der Waals surface area (Å²) in [7, 11) is 0. The molecule has 0 spiro atoms. The number of nitrogen functional groups attached to an aromatic ring is 1. The van der Waals surface area contributed by atoms with E-state index in [1.807, 2.05) is 0 Å². The third-order valence-electron chi connectivity index (χ3n) is 1.28. The average Bonchev–Trinajstić information content (AvgIpc) is 2.77. The summed E-state index contributed by atoms with van der Waals surface area (Å²) in [5.74, 6) is 0.606. The topological polar surface area (TPSA) is 122 Å². The van der Waals surface area contributed by atoms with Gasteiger partial charge in [0.05, 0.1) is 6.20 Å². The predicted octanol–water partition coefficient (Wildman–Crippen LogP) is -0.199. The van der Waals surface area contributed by atoms with Crippen LogP contribution in [0, 0.1) is 0 Å². The van der Waals surface area contributed by atoms with Crippen LogP contribution < -0.4 is 5.73 Å². The summed E-state index contributed by atoms with van der Waals surface area (Å²) < 4.78 is 3.61. The van der Waals surface area contributed by atoms with Gasteiger partial charge in [0, 0.05) is 11.5 Å². The van der Waals surface area contributed by atoms with Gasteiger partial charge in [-0.05, 0) is 6.07 Å². The second-order valence-electron chi connectivity index (χ2n) is 2.24. The predicted molar refractivity (Wildman–Crippen MR) is 50.4 cm³/mol. The van der Waals surface area contributed by atoms with Crippen molar-refractivity contribution >= 4 is 27.8 Å². The van der Waals surface area contributed by atoms with E-state index >= 15 is 0 Å². The van der Waals surface area contributed by atoms with E-state index in [2.05, 4.69) is 35.2 Å². The number of anilines is 1. The van der Waals surface area contributed by atoms with E-state index in [-0.39, 0.29) is 0 Å². The fourth-order valence-electron chi connectivity index (χ4n) is 0.706. The highest BCUT2D eigenvalue weighted by Crippen LogP contribution is 2.05. The number of hydrogen-bond acceptors (Lipinski definition) is 7. The molecule has 8 nitrogen and oxygen atoms in total. The van der Waals surface area contributed by atoms with Crippen LogP contribution in [-0.4, -0.2) is 35.2 Å². The molecule has 3 rings (SSSR count). The quantitative estimate of drug-likeness (QED) is 0.472. The first kappa shape index (κ1) is 8.56. The van der Waals surface area contributed by atoms with E-state index in [4.69, 9.17) is 5.73 Å². The van der Waals surface area contributed by atoms with Crippen molar-refractivity contribution in [1.82, 2.24) is 35.2 Å². The van der Waals surface area contributed by atoms with Crippen molar-refractivity contribution < 1.29 is 0 Å². The van der Waals surface area contributed by atoms with Crippen molar-refractivity contribution in [1.29, 1.82) is 0 Å². The fourth-order valence-corrected chi connectivity index (χ4v) is 1.15. The zero-order valence-corrected chi connectivity index (χ0v) is 7.69. The Morgan fingerprint density at radius 3 is 2.86 bits per heavy atom. The van der Waals surface area contributed by atoms with E-state index in [1.54, 1.807) is 12.3 Å². The lowest BCUT2D eigenvalue weighted by molar-refractivity contribution is 0.947. The molecule has 0 aliphatic rings. The number of nitrogens with two attached hydrogens (primary N) is 1. The van der Waals surface area contributed by atoms with Crippen molar-refractivity contribution in [3.05, 3.63) is 12.3 Å². The van der Waals surface area contributed by atoms with Crippen molar-refractivity contribution in [3.8, 4) is 0 Å². The maximum absolute atomic E-state index is 5.16. The molecule has 0 unspecified atom stereocenters. The van der Waals surface area contributed by atoms with Crippen LogP contribution in [0.2, 0.25) is 0 Å². The van der Waals surface area contributed by atoms with E-state index in [1.165, 1.54) is 11.5 Å². The Labute approximate surface area is 81.7 Å². The molecule has 72 valence electrons. The maximum Gasteiger partial charge on any atom is 0.235 e. The van der Waals surface area contributed by atoms with E-state index in [0.717, 1.165) is 4.83 Å². The van der Waals surface area contributed by atoms with Gasteiger partial charge in [0.2, 0.25) is 10.5 Å². The summed E-state index contributed by atoms with van der Waals surface area (Å²) in [5, 5.41) is 19.6. The van der Waals surface area contributed by atoms with Crippen LogP contribution in [0.25, 0.3) is 10.5 Å². The number of aromatic nitrogens is 7. The SMILES string of the molecule is Nc1ccn[nH]1.n1nc2n[nH]nc2s1. The van der Waals surface area contributed by atoms with Gasteiger partial charge in [-0.15, -0.1) is 15.3 Å². The van der Waals surface area contributed by atoms with Crippen LogP contribution >= 0.6 is 11.5 Å². The van der Waals surface area contributed by atoms with Gasteiger partial charge in [-0.3, -0.25) is 5.10 Å². The van der Waals surface area contributed by atoms with Crippen LogP contribution in [0.1, 0.15) is 0 Å². The first-order chi connectivity index (χ1) is 6.86. The molecule has 0 saturated carbocycles. The summed E-state index contributed by atoms with van der Waals surface area (Å²) in [6.45, 7) is 0. The monoisotopic (exact) mass is 210 g/mol. The molecule has 4 N–H and O–H groups in total. The van der Waals surface area contributed by atoms with Gasteiger partial charge >= 0.3 is 0 Å². The molecule has 0 saturated heterocycles. The molecule has 3 aromatic rings. The van der Waals surface area contributed by atoms with E-state index < -0.39 is 0 Å². The molecule has 0 aliphatic heterocycles. The highest BCUT2D eigenvalue weighted by Gasteiger charge is 1.97. The van der Waals surface area contributed by atoms with Crippen LogP contribution in [0.3, 0.4) is 0 Å². The van der Waals surface area contributed by atoms with Gasteiger partial charge < -0.3 is 5.73 Å². The van der Waals surface area contributed by atoms with Crippen LogP contribution in [-0.2, 0) is 0 Å². The average molecular weight is 210 g/mol. The third kappa shape index (κ3) is 1.82. The van der Waals surface area contributed by atoms with Crippen molar-refractivity contribution in [2.45, 2.75) is 0 Å². The second kappa shape index (κ2) is 3.79. The van der Waals surface area contributed by atoms with Crippen LogP contribution in [0.15, 0.2) is 12.3 Å². The lowest BCUT2D eigenvalue weighted by Gasteiger charge is -1.70. The zero-order chi connectivity index (χ0) is 9.80. The second-order valence-corrected chi connectivity index (χ2v) is 2.97. The summed E-state index contributed by atoms with van der Waals surface area (Å²) >= 11 is 1.23. The fraction of sp³-hybridized carbons (Fsp3) is 0. The molecule has 9 heteroatoms. The Kier molecular flexibility index (Phi) is 2.32. The Morgan fingerprint density at radius 1 is 1.36 bits per heavy atom. The normalized spacial score (nSPS) is 9.71. The molecule has 0 fully saturated rings. The minimum atomic E-state index is 0.593. The zero-order valence-electron chi connectivity index (χ0n) is 6.88. The number of rotatable bonds is 0. The van der Waals surface area contributed by atoms with Crippen LogP contribution in [0.5, 0.6) is 0 Å². The summed E-state index contributed by atoms with van der Waals surface area (Å²) in [5.41, 5.74) is 5.75. The molecule has 14 heavy (non-hydrogen) atoms. The number of fused-ring (bicyclic) bond motifs is 1. The lowest BCUT2D eigenvalue weighted by atomic mass is 10.7. The summed E-state index contributed by atoms with van der Waals surface area (Å²) in [6.07, 6.45) is 1.61. The molecule has 0 atom stereocenters. The Morgan fingerprint density at radius 2 is 2.29 bits per heavy atom. The smallest absolute Gasteiger partial charge is 0.235 e. The highest BCUT2D eigenvalue weighted by atomic mass is 32.1. The van der Waals surface area contributed by atoms with Gasteiger partial charge in [0.25, 0.3) is 0 Å². The van der Waals surface area contributed by atoms with Gasteiger partial charge in [0.1, 0.15) is 5.82 Å². The summed E-state index contributed by atoms with van der Waals surface area (Å²) in [4.78, 5) is 0.755. The van der Waals surface area contributed by atoms with E-state index in [0.29, 0.717) is 11.5 Å². The molecular weight excluding hydrogens is 204 g/mol. The Hall–Kier alpha value is -2.03. The minimum Gasteiger partial charge on any atom is -0.384 e. The largest absolute Gasteiger partial charge is 0.384 e. The van der Waals surface area contributed by atoms with Crippen molar-refractivity contribution in [2.75, 3.05) is 5.73 Å². The Balaban J connectivity index is 0.000000112. The summed E-state index contributed by atoms with van der Waals surface area (Å²) in [6, 6.07) is 1.69. The molecular formula is C5H6N8S. The lowest BCUT2D eigenvalue weighted by Crippen LogP contribution is -1.81. The molecule has 3 aromatic heterocycles. The van der Waals surface area contributed by atoms with Gasteiger partial charge in [-0.2, -0.15) is 10.3 Å². The number of nitrogens with zero attached hydrogens (tertiary/aromatic N) is 5. The Bertz CT molecular complexity index is 429. The van der Waals surface area contributed by atoms with Crippen LogP contribution in [0.4, 0.5) is 5.82 Å². The van der Waals surface area contributed by atoms with Gasteiger partial charge in [-0.1, -0.05) is 4.49 Å². The number of aromatic amines is 2. The molecule has 0 amide bonds. The number of hydrogen-bond donors (Lipinski definition) is 3. The molecule has 0 aliphatic carbocycles. The molecule has 0 radical (unpaired) electrons. The van der Waals surface area contributed by atoms with Gasteiger partial charge in [-0.25, -0.2) is 0 Å². The number of H-pyrrole nitrogens is 2. The van der Waals surface area contributed by atoms with Crippen molar-refractivity contribution in [3.63, 3.8) is 0 Å². The molecule has 0 aromatic carbocycles.